The fourth-order valence-corrected chi connectivity index (χ4v) is 2.32. The van der Waals surface area contributed by atoms with Gasteiger partial charge in [-0.15, -0.1) is 0 Å². The topological polar surface area (TPSA) is 62.7 Å². The van der Waals surface area contributed by atoms with E-state index in [0.717, 1.165) is 22.3 Å². The van der Waals surface area contributed by atoms with Crippen molar-refractivity contribution in [3.63, 3.8) is 0 Å². The summed E-state index contributed by atoms with van der Waals surface area (Å²) >= 11 is 0. The molecule has 21 heavy (non-hydrogen) atoms. The molecular weight excluding hydrogens is 268 g/mol. The lowest BCUT2D eigenvalue weighted by Gasteiger charge is -2.28. The summed E-state index contributed by atoms with van der Waals surface area (Å²) in [5.41, 5.74) is 0. The molecule has 1 aromatic heterocycles. The Balaban J connectivity index is 2.44. The standard InChI is InChI=1S/C16H20N2O3/c1-11(2)18(9-7-15(19)20)16-14-5-4-13(21-3)10-12(14)6-8-17-16/h4-6,8,10-11H,7,9H2,1-3H3,(H,19,20). The molecule has 0 bridgehead atoms. The number of aliphatic carboxylic acids is 1. The third-order valence-corrected chi connectivity index (χ3v) is 3.41. The lowest BCUT2D eigenvalue weighted by Crippen LogP contribution is -2.33. The Morgan fingerprint density at radius 2 is 2.14 bits per heavy atom. The maximum Gasteiger partial charge on any atom is 0.305 e. The highest BCUT2D eigenvalue weighted by molar-refractivity contribution is 5.93. The molecule has 112 valence electrons. The minimum absolute atomic E-state index is 0.0897. The number of ether oxygens (including phenoxy) is 1. The molecule has 0 saturated heterocycles. The van der Waals surface area contributed by atoms with Crippen molar-refractivity contribution in [1.82, 2.24) is 4.98 Å². The van der Waals surface area contributed by atoms with Crippen molar-refractivity contribution in [2.75, 3.05) is 18.6 Å². The molecule has 2 aromatic rings. The first-order chi connectivity index (χ1) is 10.0. The number of methoxy groups -OCH3 is 1. The number of benzene rings is 1. The van der Waals surface area contributed by atoms with Gasteiger partial charge in [0.1, 0.15) is 11.6 Å². The highest BCUT2D eigenvalue weighted by atomic mass is 16.5. The van der Waals surface area contributed by atoms with Gasteiger partial charge in [-0.2, -0.15) is 0 Å². The van der Waals surface area contributed by atoms with Gasteiger partial charge in [0.15, 0.2) is 0 Å². The first-order valence-electron chi connectivity index (χ1n) is 6.94. The van der Waals surface area contributed by atoms with Gasteiger partial charge < -0.3 is 14.7 Å². The zero-order chi connectivity index (χ0) is 15.4. The highest BCUT2D eigenvalue weighted by Crippen LogP contribution is 2.28. The number of pyridine rings is 1. The molecule has 0 radical (unpaired) electrons. The van der Waals surface area contributed by atoms with Crippen LogP contribution >= 0.6 is 0 Å². The van der Waals surface area contributed by atoms with Crippen molar-refractivity contribution >= 4 is 22.6 Å². The Morgan fingerprint density at radius 1 is 1.38 bits per heavy atom. The normalized spacial score (nSPS) is 10.9. The molecule has 1 heterocycles. The van der Waals surface area contributed by atoms with E-state index in [2.05, 4.69) is 4.98 Å². The van der Waals surface area contributed by atoms with Gasteiger partial charge >= 0.3 is 5.97 Å². The number of hydrogen-bond donors (Lipinski definition) is 1. The molecule has 0 aliphatic carbocycles. The smallest absolute Gasteiger partial charge is 0.305 e. The second-order valence-corrected chi connectivity index (χ2v) is 5.15. The van der Waals surface area contributed by atoms with Gasteiger partial charge in [-0.25, -0.2) is 4.98 Å². The zero-order valence-corrected chi connectivity index (χ0v) is 12.5. The van der Waals surface area contributed by atoms with Crippen LogP contribution in [0.25, 0.3) is 10.8 Å². The van der Waals surface area contributed by atoms with Gasteiger partial charge in [0.25, 0.3) is 0 Å². The third kappa shape index (κ3) is 3.42. The molecule has 1 aromatic carbocycles. The number of hydrogen-bond acceptors (Lipinski definition) is 4. The number of carboxylic acid groups (broad SMARTS) is 1. The van der Waals surface area contributed by atoms with E-state index in [-0.39, 0.29) is 12.5 Å². The summed E-state index contributed by atoms with van der Waals surface area (Å²) in [5, 5.41) is 10.9. The van der Waals surface area contributed by atoms with Crippen LogP contribution in [0, 0.1) is 0 Å². The van der Waals surface area contributed by atoms with Crippen molar-refractivity contribution in [3.8, 4) is 5.75 Å². The summed E-state index contributed by atoms with van der Waals surface area (Å²) in [6.45, 7) is 4.50. The maximum absolute atomic E-state index is 10.8. The molecule has 0 amide bonds. The van der Waals surface area contributed by atoms with Crippen molar-refractivity contribution in [2.45, 2.75) is 26.3 Å². The van der Waals surface area contributed by atoms with Gasteiger partial charge in [-0.3, -0.25) is 4.79 Å². The molecule has 0 atom stereocenters. The minimum atomic E-state index is -0.803. The van der Waals surface area contributed by atoms with E-state index < -0.39 is 5.97 Å². The lowest BCUT2D eigenvalue weighted by atomic mass is 10.1. The molecule has 0 spiro atoms. The number of fused-ring (bicyclic) bond motifs is 1. The number of rotatable bonds is 6. The lowest BCUT2D eigenvalue weighted by molar-refractivity contribution is -0.136. The van der Waals surface area contributed by atoms with Crippen LogP contribution < -0.4 is 9.64 Å². The van der Waals surface area contributed by atoms with Gasteiger partial charge in [0, 0.05) is 24.2 Å². The van der Waals surface area contributed by atoms with Crippen LogP contribution in [0.3, 0.4) is 0 Å². The van der Waals surface area contributed by atoms with Gasteiger partial charge in [-0.1, -0.05) is 0 Å². The van der Waals surface area contributed by atoms with Crippen LogP contribution in [0.4, 0.5) is 5.82 Å². The molecule has 2 rings (SSSR count). The van der Waals surface area contributed by atoms with Crippen LogP contribution in [0.2, 0.25) is 0 Å². The van der Waals surface area contributed by atoms with Gasteiger partial charge in [-0.05, 0) is 43.5 Å². The summed E-state index contributed by atoms with van der Waals surface area (Å²) in [6, 6.07) is 7.91. The summed E-state index contributed by atoms with van der Waals surface area (Å²) in [6.07, 6.45) is 1.83. The van der Waals surface area contributed by atoms with Crippen LogP contribution in [-0.4, -0.2) is 35.8 Å². The molecule has 5 nitrogen and oxygen atoms in total. The average molecular weight is 288 g/mol. The molecule has 1 N–H and O–H groups in total. The predicted octanol–water partition coefficient (Wildman–Crippen LogP) is 2.93. The van der Waals surface area contributed by atoms with Gasteiger partial charge in [0.2, 0.25) is 0 Å². The van der Waals surface area contributed by atoms with Crippen LogP contribution in [0.1, 0.15) is 20.3 Å². The van der Waals surface area contributed by atoms with Crippen LogP contribution in [0.15, 0.2) is 30.5 Å². The SMILES string of the molecule is COc1ccc2c(N(CCC(=O)O)C(C)C)nccc2c1. The molecule has 0 aliphatic heterocycles. The quantitative estimate of drug-likeness (QED) is 0.885. The average Bonchev–Trinajstić information content (AvgIpc) is 2.46. The largest absolute Gasteiger partial charge is 0.497 e. The van der Waals surface area contributed by atoms with Crippen LogP contribution in [-0.2, 0) is 4.79 Å². The van der Waals surface area contributed by atoms with E-state index >= 15 is 0 Å². The predicted molar refractivity (Wildman–Crippen MR) is 83.0 cm³/mol. The number of carboxylic acids is 1. The Hall–Kier alpha value is -2.30. The van der Waals surface area contributed by atoms with Crippen molar-refractivity contribution < 1.29 is 14.6 Å². The van der Waals surface area contributed by atoms with Crippen molar-refractivity contribution in [1.29, 1.82) is 0 Å². The third-order valence-electron chi connectivity index (χ3n) is 3.41. The highest BCUT2D eigenvalue weighted by Gasteiger charge is 2.16. The minimum Gasteiger partial charge on any atom is -0.497 e. The van der Waals surface area contributed by atoms with Crippen molar-refractivity contribution in [2.24, 2.45) is 0 Å². The Morgan fingerprint density at radius 3 is 2.76 bits per heavy atom. The number of anilines is 1. The van der Waals surface area contributed by atoms with E-state index in [4.69, 9.17) is 9.84 Å². The van der Waals surface area contributed by atoms with Gasteiger partial charge in [0.05, 0.1) is 13.5 Å². The van der Waals surface area contributed by atoms with E-state index in [9.17, 15) is 4.79 Å². The molecule has 5 heteroatoms. The summed E-state index contributed by atoms with van der Waals surface area (Å²) < 4.78 is 5.24. The van der Waals surface area contributed by atoms with Crippen molar-refractivity contribution in [3.05, 3.63) is 30.5 Å². The molecule has 0 fully saturated rings. The molecule has 0 saturated carbocycles. The maximum atomic E-state index is 10.8. The zero-order valence-electron chi connectivity index (χ0n) is 12.5. The van der Waals surface area contributed by atoms with E-state index in [0.29, 0.717) is 6.54 Å². The Bertz CT molecular complexity index is 640. The first-order valence-corrected chi connectivity index (χ1v) is 6.94. The molecule has 0 unspecified atom stereocenters. The Kier molecular flexibility index (Phi) is 4.62. The first kappa shape index (κ1) is 15.1. The Labute approximate surface area is 124 Å². The summed E-state index contributed by atoms with van der Waals surface area (Å²) in [7, 11) is 1.64. The second-order valence-electron chi connectivity index (χ2n) is 5.15. The molecule has 0 aliphatic rings. The summed E-state index contributed by atoms with van der Waals surface area (Å²) in [4.78, 5) is 17.3. The monoisotopic (exact) mass is 288 g/mol. The van der Waals surface area contributed by atoms with E-state index in [1.807, 2.05) is 43.0 Å². The van der Waals surface area contributed by atoms with E-state index in [1.165, 1.54) is 0 Å². The molecular formula is C16H20N2O3. The van der Waals surface area contributed by atoms with E-state index in [1.54, 1.807) is 13.3 Å². The number of aromatic nitrogens is 1. The number of carbonyl (C=O) groups is 1. The van der Waals surface area contributed by atoms with Crippen LogP contribution in [0.5, 0.6) is 5.75 Å². The summed E-state index contributed by atoms with van der Waals surface area (Å²) in [5.74, 6) is 0.801. The fraction of sp³-hybridized carbons (Fsp3) is 0.375. The fourth-order valence-electron chi connectivity index (χ4n) is 2.32. The number of nitrogens with zero attached hydrogens (tertiary/aromatic N) is 2. The second kappa shape index (κ2) is 6.43.